The SMILES string of the molecule is Cc1cccc(CN(C)C[C@@H]2Oc3ncc(C#Cc4ccccc4)cc3C(=O)N([C@H](C)CO)C[C@@H]2C)c1. The molecule has 0 aliphatic carbocycles. The summed E-state index contributed by atoms with van der Waals surface area (Å²) in [4.78, 5) is 22.1. The van der Waals surface area contributed by atoms with Gasteiger partial charge in [0.1, 0.15) is 11.7 Å². The van der Waals surface area contributed by atoms with Crippen LogP contribution in [0.1, 0.15) is 46.5 Å². The van der Waals surface area contributed by atoms with Gasteiger partial charge in [0.05, 0.1) is 12.6 Å². The van der Waals surface area contributed by atoms with Gasteiger partial charge in [-0.05, 0) is 44.7 Å². The van der Waals surface area contributed by atoms with Crippen molar-refractivity contribution in [2.45, 2.75) is 39.5 Å². The molecule has 2 aromatic carbocycles. The molecule has 6 heteroatoms. The van der Waals surface area contributed by atoms with Crippen molar-refractivity contribution < 1.29 is 14.6 Å². The quantitative estimate of drug-likeness (QED) is 0.519. The second kappa shape index (κ2) is 12.1. The Morgan fingerprint density at radius 2 is 1.89 bits per heavy atom. The molecule has 37 heavy (non-hydrogen) atoms. The summed E-state index contributed by atoms with van der Waals surface area (Å²) in [5.41, 5.74) is 4.37. The highest BCUT2D eigenvalue weighted by molar-refractivity contribution is 5.97. The molecule has 1 aromatic heterocycles. The van der Waals surface area contributed by atoms with Crippen molar-refractivity contribution in [3.8, 4) is 17.7 Å². The van der Waals surface area contributed by atoms with Gasteiger partial charge in [-0.15, -0.1) is 0 Å². The zero-order valence-corrected chi connectivity index (χ0v) is 22.0. The molecule has 1 aliphatic heterocycles. The van der Waals surface area contributed by atoms with Gasteiger partial charge in [0, 0.05) is 42.9 Å². The molecule has 3 aromatic rings. The highest BCUT2D eigenvalue weighted by atomic mass is 16.5. The van der Waals surface area contributed by atoms with E-state index in [2.05, 4.69) is 66.9 Å². The molecule has 0 fully saturated rings. The van der Waals surface area contributed by atoms with E-state index in [-0.39, 0.29) is 30.6 Å². The molecule has 0 saturated carbocycles. The standard InChI is InChI=1S/C31H35N3O3/c1-22-9-8-12-27(15-22)19-33(4)20-29-23(2)18-34(24(3)21-35)31(36)28-16-26(17-32-30(28)37-29)14-13-25-10-6-5-7-11-25/h5-12,15-17,23-24,29,35H,18-21H2,1-4H3/t23-,24+,29-/m0/s1. The third-order valence-corrected chi connectivity index (χ3v) is 6.67. The molecule has 4 rings (SSSR count). The number of nitrogens with zero attached hydrogens (tertiary/aromatic N) is 3. The van der Waals surface area contributed by atoms with Gasteiger partial charge in [-0.25, -0.2) is 4.98 Å². The number of likely N-dealkylation sites (N-methyl/N-ethyl adjacent to an activating group) is 1. The second-order valence-corrected chi connectivity index (χ2v) is 10.0. The van der Waals surface area contributed by atoms with Crippen molar-refractivity contribution >= 4 is 5.91 Å². The van der Waals surface area contributed by atoms with Crippen LogP contribution >= 0.6 is 0 Å². The Morgan fingerprint density at radius 3 is 2.62 bits per heavy atom. The number of aliphatic hydroxyl groups is 1. The van der Waals surface area contributed by atoms with E-state index in [9.17, 15) is 9.90 Å². The minimum absolute atomic E-state index is 0.0328. The van der Waals surface area contributed by atoms with E-state index in [4.69, 9.17) is 4.74 Å². The minimum Gasteiger partial charge on any atom is -0.472 e. The molecule has 1 amide bonds. The summed E-state index contributed by atoms with van der Waals surface area (Å²) < 4.78 is 6.42. The van der Waals surface area contributed by atoms with Crippen LogP contribution in [-0.2, 0) is 6.54 Å². The number of aliphatic hydroxyl groups excluding tert-OH is 1. The summed E-state index contributed by atoms with van der Waals surface area (Å²) in [5, 5.41) is 9.89. The number of aryl methyl sites for hydroxylation is 1. The summed E-state index contributed by atoms with van der Waals surface area (Å²) in [7, 11) is 2.08. The lowest BCUT2D eigenvalue weighted by atomic mass is 9.99. The summed E-state index contributed by atoms with van der Waals surface area (Å²) in [6.07, 6.45) is 1.46. The zero-order chi connectivity index (χ0) is 26.4. The van der Waals surface area contributed by atoms with Gasteiger partial charge < -0.3 is 14.7 Å². The van der Waals surface area contributed by atoms with Crippen LogP contribution in [0.3, 0.4) is 0 Å². The molecule has 192 valence electrons. The zero-order valence-electron chi connectivity index (χ0n) is 22.0. The lowest BCUT2D eigenvalue weighted by molar-refractivity contribution is 0.0325. The van der Waals surface area contributed by atoms with Gasteiger partial charge in [0.15, 0.2) is 0 Å². The first-order chi connectivity index (χ1) is 17.8. The number of hydrogen-bond acceptors (Lipinski definition) is 5. The maximum absolute atomic E-state index is 13.6. The molecule has 0 radical (unpaired) electrons. The maximum Gasteiger partial charge on any atom is 0.259 e. The molecule has 1 aliphatic rings. The number of carbonyl (C=O) groups is 1. The Kier molecular flexibility index (Phi) is 8.60. The van der Waals surface area contributed by atoms with E-state index >= 15 is 0 Å². The predicted molar refractivity (Wildman–Crippen MR) is 145 cm³/mol. The Morgan fingerprint density at radius 1 is 1.14 bits per heavy atom. The summed E-state index contributed by atoms with van der Waals surface area (Å²) >= 11 is 0. The third kappa shape index (κ3) is 6.76. The molecular formula is C31H35N3O3. The molecule has 1 N–H and O–H groups in total. The summed E-state index contributed by atoms with van der Waals surface area (Å²) in [6, 6.07) is 19.6. The number of hydrogen-bond donors (Lipinski definition) is 1. The molecule has 6 nitrogen and oxygen atoms in total. The smallest absolute Gasteiger partial charge is 0.259 e. The first-order valence-electron chi connectivity index (χ1n) is 12.7. The number of amides is 1. The fraction of sp³-hybridized carbons (Fsp3) is 0.355. The van der Waals surface area contributed by atoms with Gasteiger partial charge in [0.25, 0.3) is 5.91 Å². The highest BCUT2D eigenvalue weighted by Crippen LogP contribution is 2.27. The number of carbonyl (C=O) groups excluding carboxylic acids is 1. The average molecular weight is 498 g/mol. The van der Waals surface area contributed by atoms with Crippen LogP contribution in [0.5, 0.6) is 5.88 Å². The number of aromatic nitrogens is 1. The number of rotatable bonds is 6. The first-order valence-corrected chi connectivity index (χ1v) is 12.7. The normalized spacial score (nSPS) is 18.2. The summed E-state index contributed by atoms with van der Waals surface area (Å²) in [6.45, 7) is 7.85. The van der Waals surface area contributed by atoms with Gasteiger partial charge in [-0.3, -0.25) is 9.69 Å². The van der Waals surface area contributed by atoms with Gasteiger partial charge >= 0.3 is 0 Å². The van der Waals surface area contributed by atoms with E-state index in [0.717, 1.165) is 12.1 Å². The van der Waals surface area contributed by atoms with Crippen molar-refractivity contribution in [3.05, 3.63) is 94.7 Å². The van der Waals surface area contributed by atoms with Gasteiger partial charge in [0.2, 0.25) is 5.88 Å². The predicted octanol–water partition coefficient (Wildman–Crippen LogP) is 4.14. The van der Waals surface area contributed by atoms with E-state index < -0.39 is 0 Å². The first kappa shape index (κ1) is 26.4. The number of pyridine rings is 1. The van der Waals surface area contributed by atoms with Gasteiger partial charge in [-0.2, -0.15) is 0 Å². The second-order valence-electron chi connectivity index (χ2n) is 10.0. The monoisotopic (exact) mass is 497 g/mol. The largest absolute Gasteiger partial charge is 0.472 e. The van der Waals surface area contributed by atoms with Crippen LogP contribution in [0.15, 0.2) is 66.9 Å². The third-order valence-electron chi connectivity index (χ3n) is 6.67. The van der Waals surface area contributed by atoms with E-state index in [1.165, 1.54) is 11.1 Å². The van der Waals surface area contributed by atoms with Crippen LogP contribution < -0.4 is 4.74 Å². The highest BCUT2D eigenvalue weighted by Gasteiger charge is 2.34. The Balaban J connectivity index is 1.62. The molecule has 2 heterocycles. The van der Waals surface area contributed by atoms with Crippen molar-refractivity contribution in [2.75, 3.05) is 26.7 Å². The van der Waals surface area contributed by atoms with Crippen molar-refractivity contribution in [2.24, 2.45) is 5.92 Å². The van der Waals surface area contributed by atoms with Gasteiger partial charge in [-0.1, -0.05) is 66.8 Å². The van der Waals surface area contributed by atoms with E-state index in [1.54, 1.807) is 17.2 Å². The molecule has 0 unspecified atom stereocenters. The van der Waals surface area contributed by atoms with Crippen LogP contribution in [0, 0.1) is 24.7 Å². The van der Waals surface area contributed by atoms with Crippen LogP contribution in [0.25, 0.3) is 0 Å². The maximum atomic E-state index is 13.6. The van der Waals surface area contributed by atoms with Crippen molar-refractivity contribution in [1.82, 2.24) is 14.8 Å². The Bertz CT molecular complexity index is 1280. The fourth-order valence-corrected chi connectivity index (χ4v) is 4.55. The van der Waals surface area contributed by atoms with Crippen molar-refractivity contribution in [1.29, 1.82) is 0 Å². The molecule has 0 bridgehead atoms. The van der Waals surface area contributed by atoms with Crippen LogP contribution in [0.2, 0.25) is 0 Å². The number of fused-ring (bicyclic) bond motifs is 1. The van der Waals surface area contributed by atoms with Crippen LogP contribution in [-0.4, -0.2) is 64.7 Å². The average Bonchev–Trinajstić information content (AvgIpc) is 2.89. The Hall–Kier alpha value is -3.66. The fourth-order valence-electron chi connectivity index (χ4n) is 4.55. The number of benzene rings is 2. The van der Waals surface area contributed by atoms with E-state index in [1.807, 2.05) is 37.3 Å². The van der Waals surface area contributed by atoms with Crippen molar-refractivity contribution in [3.63, 3.8) is 0 Å². The lowest BCUT2D eigenvalue weighted by Gasteiger charge is -2.37. The summed E-state index contributed by atoms with van der Waals surface area (Å²) in [5.74, 6) is 6.38. The number of ether oxygens (including phenoxy) is 1. The molecular weight excluding hydrogens is 462 g/mol. The topological polar surface area (TPSA) is 65.9 Å². The molecule has 3 atom stereocenters. The molecule has 0 saturated heterocycles. The van der Waals surface area contributed by atoms with E-state index in [0.29, 0.717) is 30.1 Å². The molecule has 0 spiro atoms. The lowest BCUT2D eigenvalue weighted by Crippen LogP contribution is -2.49. The minimum atomic E-state index is -0.328. The Labute approximate surface area is 219 Å². The van der Waals surface area contributed by atoms with Crippen LogP contribution in [0.4, 0.5) is 0 Å².